The summed E-state index contributed by atoms with van der Waals surface area (Å²) < 4.78 is 0. The lowest BCUT2D eigenvalue weighted by Crippen LogP contribution is -2.25. The molecule has 20 heavy (non-hydrogen) atoms. The van der Waals surface area contributed by atoms with Gasteiger partial charge in [0.25, 0.3) is 0 Å². The number of nitrogens with zero attached hydrogens (tertiary/aromatic N) is 1. The van der Waals surface area contributed by atoms with Crippen LogP contribution in [0, 0.1) is 0 Å². The molecule has 2 N–H and O–H groups in total. The van der Waals surface area contributed by atoms with Gasteiger partial charge in [0.2, 0.25) is 0 Å². The molecule has 0 unspecified atom stereocenters. The SMILES string of the molecule is Nc1cccc(CN(Cc2ccc(Cl)cc2)C2CC2)c1. The van der Waals surface area contributed by atoms with E-state index in [0.29, 0.717) is 6.04 Å². The summed E-state index contributed by atoms with van der Waals surface area (Å²) in [5.74, 6) is 0. The number of nitrogens with two attached hydrogens (primary N) is 1. The highest BCUT2D eigenvalue weighted by Gasteiger charge is 2.28. The molecule has 0 heterocycles. The van der Waals surface area contributed by atoms with Crippen molar-refractivity contribution in [3.05, 3.63) is 64.7 Å². The van der Waals surface area contributed by atoms with E-state index < -0.39 is 0 Å². The van der Waals surface area contributed by atoms with Gasteiger partial charge in [-0.05, 0) is 48.2 Å². The van der Waals surface area contributed by atoms with Gasteiger partial charge in [0.1, 0.15) is 0 Å². The molecule has 1 saturated carbocycles. The highest BCUT2D eigenvalue weighted by molar-refractivity contribution is 6.30. The highest BCUT2D eigenvalue weighted by Crippen LogP contribution is 2.30. The zero-order valence-corrected chi connectivity index (χ0v) is 12.2. The van der Waals surface area contributed by atoms with Gasteiger partial charge in [0.15, 0.2) is 0 Å². The quantitative estimate of drug-likeness (QED) is 0.839. The Kier molecular flexibility index (Phi) is 3.95. The molecule has 0 spiro atoms. The maximum absolute atomic E-state index is 5.94. The highest BCUT2D eigenvalue weighted by atomic mass is 35.5. The van der Waals surface area contributed by atoms with Crippen LogP contribution in [0.3, 0.4) is 0 Å². The number of halogens is 1. The van der Waals surface area contributed by atoms with E-state index in [0.717, 1.165) is 23.8 Å². The molecular weight excluding hydrogens is 268 g/mol. The van der Waals surface area contributed by atoms with Crippen LogP contribution in [-0.2, 0) is 13.1 Å². The third-order valence-electron chi connectivity index (χ3n) is 3.70. The van der Waals surface area contributed by atoms with Gasteiger partial charge in [-0.1, -0.05) is 35.9 Å². The molecule has 3 rings (SSSR count). The van der Waals surface area contributed by atoms with Crippen molar-refractivity contribution >= 4 is 17.3 Å². The van der Waals surface area contributed by atoms with Crippen LogP contribution in [-0.4, -0.2) is 10.9 Å². The Morgan fingerprint density at radius 1 is 1.00 bits per heavy atom. The largest absolute Gasteiger partial charge is 0.399 e. The number of nitrogen functional groups attached to an aromatic ring is 1. The zero-order valence-electron chi connectivity index (χ0n) is 11.4. The maximum atomic E-state index is 5.94. The topological polar surface area (TPSA) is 29.3 Å². The Hall–Kier alpha value is -1.51. The fourth-order valence-corrected chi connectivity index (χ4v) is 2.63. The van der Waals surface area contributed by atoms with Crippen LogP contribution in [0.5, 0.6) is 0 Å². The molecule has 104 valence electrons. The van der Waals surface area contributed by atoms with Gasteiger partial charge in [-0.25, -0.2) is 0 Å². The molecule has 2 nitrogen and oxygen atoms in total. The van der Waals surface area contributed by atoms with Crippen LogP contribution >= 0.6 is 11.6 Å². The van der Waals surface area contributed by atoms with Gasteiger partial charge < -0.3 is 5.73 Å². The fraction of sp³-hybridized carbons (Fsp3) is 0.294. The molecule has 0 aliphatic heterocycles. The molecular formula is C17H19ClN2. The lowest BCUT2D eigenvalue weighted by Gasteiger charge is -2.22. The first-order valence-electron chi connectivity index (χ1n) is 7.03. The summed E-state index contributed by atoms with van der Waals surface area (Å²) in [5.41, 5.74) is 9.29. The van der Waals surface area contributed by atoms with Crippen molar-refractivity contribution in [1.29, 1.82) is 0 Å². The molecule has 3 heteroatoms. The van der Waals surface area contributed by atoms with E-state index in [1.54, 1.807) is 0 Å². The first kappa shape index (κ1) is 13.5. The number of hydrogen-bond acceptors (Lipinski definition) is 2. The summed E-state index contributed by atoms with van der Waals surface area (Å²) in [6.45, 7) is 1.93. The summed E-state index contributed by atoms with van der Waals surface area (Å²) in [5, 5.41) is 0.794. The van der Waals surface area contributed by atoms with Crippen LogP contribution in [0.1, 0.15) is 24.0 Å². The molecule has 0 saturated heterocycles. The molecule has 0 amide bonds. The minimum atomic E-state index is 0.715. The normalized spacial score (nSPS) is 14.7. The van der Waals surface area contributed by atoms with Gasteiger partial charge in [0, 0.05) is 29.8 Å². The Morgan fingerprint density at radius 3 is 2.35 bits per heavy atom. The van der Waals surface area contributed by atoms with E-state index in [9.17, 15) is 0 Å². The molecule has 2 aromatic rings. The molecule has 1 aliphatic carbocycles. The second kappa shape index (κ2) is 5.86. The smallest absolute Gasteiger partial charge is 0.0406 e. The van der Waals surface area contributed by atoms with Gasteiger partial charge in [-0.2, -0.15) is 0 Å². The molecule has 0 atom stereocenters. The molecule has 0 aromatic heterocycles. The Balaban J connectivity index is 1.71. The molecule has 0 radical (unpaired) electrons. The Bertz CT molecular complexity index is 576. The molecule has 2 aromatic carbocycles. The van der Waals surface area contributed by atoms with E-state index in [1.807, 2.05) is 24.3 Å². The van der Waals surface area contributed by atoms with E-state index in [-0.39, 0.29) is 0 Å². The first-order valence-corrected chi connectivity index (χ1v) is 7.41. The van der Waals surface area contributed by atoms with Gasteiger partial charge >= 0.3 is 0 Å². The zero-order chi connectivity index (χ0) is 13.9. The maximum Gasteiger partial charge on any atom is 0.0406 e. The van der Waals surface area contributed by atoms with Gasteiger partial charge in [-0.3, -0.25) is 4.90 Å². The summed E-state index contributed by atoms with van der Waals surface area (Å²) in [6, 6.07) is 17.0. The number of benzene rings is 2. The average Bonchev–Trinajstić information content (AvgIpc) is 3.25. The van der Waals surface area contributed by atoms with Crippen molar-refractivity contribution in [2.24, 2.45) is 0 Å². The fourth-order valence-electron chi connectivity index (χ4n) is 2.50. The lowest BCUT2D eigenvalue weighted by molar-refractivity contribution is 0.246. The predicted molar refractivity (Wildman–Crippen MR) is 84.6 cm³/mol. The van der Waals surface area contributed by atoms with Crippen molar-refractivity contribution < 1.29 is 0 Å². The van der Waals surface area contributed by atoms with Crippen LogP contribution in [0.25, 0.3) is 0 Å². The summed E-state index contributed by atoms with van der Waals surface area (Å²) in [6.07, 6.45) is 2.60. The second-order valence-corrected chi connectivity index (χ2v) is 5.94. The van der Waals surface area contributed by atoms with E-state index in [2.05, 4.69) is 29.2 Å². The Morgan fingerprint density at radius 2 is 1.70 bits per heavy atom. The van der Waals surface area contributed by atoms with E-state index >= 15 is 0 Å². The third kappa shape index (κ3) is 3.53. The van der Waals surface area contributed by atoms with Crippen molar-refractivity contribution in [3.63, 3.8) is 0 Å². The monoisotopic (exact) mass is 286 g/mol. The van der Waals surface area contributed by atoms with Crippen molar-refractivity contribution in [1.82, 2.24) is 4.90 Å². The van der Waals surface area contributed by atoms with Crippen LogP contribution in [0.15, 0.2) is 48.5 Å². The standard InChI is InChI=1S/C17H19ClN2/c18-15-6-4-13(5-7-15)11-20(17-8-9-17)12-14-2-1-3-16(19)10-14/h1-7,10,17H,8-9,11-12,19H2. The van der Waals surface area contributed by atoms with Crippen LogP contribution in [0.2, 0.25) is 5.02 Å². The summed E-state index contributed by atoms with van der Waals surface area (Å²) >= 11 is 5.94. The van der Waals surface area contributed by atoms with Crippen LogP contribution in [0.4, 0.5) is 5.69 Å². The summed E-state index contributed by atoms with van der Waals surface area (Å²) in [4.78, 5) is 2.53. The summed E-state index contributed by atoms with van der Waals surface area (Å²) in [7, 11) is 0. The van der Waals surface area contributed by atoms with E-state index in [4.69, 9.17) is 17.3 Å². The predicted octanol–water partition coefficient (Wildman–Crippen LogP) is 4.09. The molecule has 1 aliphatic rings. The first-order chi connectivity index (χ1) is 9.70. The number of hydrogen-bond donors (Lipinski definition) is 1. The van der Waals surface area contributed by atoms with E-state index in [1.165, 1.54) is 24.0 Å². The minimum absolute atomic E-state index is 0.715. The van der Waals surface area contributed by atoms with Crippen LogP contribution < -0.4 is 5.73 Å². The second-order valence-electron chi connectivity index (χ2n) is 5.51. The Labute approximate surface area is 125 Å². The lowest BCUT2D eigenvalue weighted by atomic mass is 10.1. The third-order valence-corrected chi connectivity index (χ3v) is 3.95. The molecule has 1 fully saturated rings. The number of rotatable bonds is 5. The number of anilines is 1. The van der Waals surface area contributed by atoms with Crippen molar-refractivity contribution in [2.45, 2.75) is 32.0 Å². The van der Waals surface area contributed by atoms with Gasteiger partial charge in [-0.15, -0.1) is 0 Å². The average molecular weight is 287 g/mol. The van der Waals surface area contributed by atoms with Gasteiger partial charge in [0.05, 0.1) is 0 Å². The van der Waals surface area contributed by atoms with Crippen molar-refractivity contribution in [2.75, 3.05) is 5.73 Å². The van der Waals surface area contributed by atoms with Crippen molar-refractivity contribution in [3.8, 4) is 0 Å². The molecule has 0 bridgehead atoms. The minimum Gasteiger partial charge on any atom is -0.399 e.